The fourth-order valence-corrected chi connectivity index (χ4v) is 5.81. The number of rotatable bonds is 5. The molecule has 1 aromatic heterocycles. The van der Waals surface area contributed by atoms with Crippen molar-refractivity contribution in [1.29, 1.82) is 0 Å². The Hall–Kier alpha value is -3.78. The zero-order valence-electron chi connectivity index (χ0n) is 19.3. The van der Waals surface area contributed by atoms with Crippen molar-refractivity contribution in [3.05, 3.63) is 78.2 Å². The summed E-state index contributed by atoms with van der Waals surface area (Å²) in [5.41, 5.74) is 1.65. The lowest BCUT2D eigenvalue weighted by Gasteiger charge is -2.51. The molecule has 3 fully saturated rings. The molecule has 4 aliphatic heterocycles. The number of esters is 1. The number of hydrogen-bond acceptors (Lipinski definition) is 6. The smallest absolute Gasteiger partial charge is 0.318 e. The first-order valence-electron chi connectivity index (χ1n) is 12.1. The maximum atomic E-state index is 13.7. The van der Waals surface area contributed by atoms with Crippen molar-refractivity contribution in [2.45, 2.75) is 24.9 Å². The van der Waals surface area contributed by atoms with E-state index in [-0.39, 0.29) is 18.0 Å². The van der Waals surface area contributed by atoms with Gasteiger partial charge < -0.3 is 19.3 Å². The molecule has 178 valence electrons. The van der Waals surface area contributed by atoms with Gasteiger partial charge in [0.25, 0.3) is 5.91 Å². The van der Waals surface area contributed by atoms with Gasteiger partial charge in [-0.25, -0.2) is 4.98 Å². The molecule has 0 saturated carbocycles. The van der Waals surface area contributed by atoms with Crippen LogP contribution >= 0.6 is 0 Å². The number of nitrogens with zero attached hydrogens (tertiary/aromatic N) is 3. The number of benzene rings is 2. The van der Waals surface area contributed by atoms with E-state index in [0.717, 1.165) is 37.1 Å². The molecule has 1 amide bonds. The number of aromatic nitrogens is 2. The minimum absolute atomic E-state index is 0.0942. The summed E-state index contributed by atoms with van der Waals surface area (Å²) in [7, 11) is 0. The number of para-hydroxylation sites is 2. The first-order chi connectivity index (χ1) is 17.1. The molecule has 0 spiro atoms. The monoisotopic (exact) mass is 471 g/mol. The number of quaternary nitrogens is 1. The lowest BCUT2D eigenvalue weighted by molar-refractivity contribution is -0.938. The van der Waals surface area contributed by atoms with Crippen LogP contribution in [0, 0.1) is 5.92 Å². The Morgan fingerprint density at radius 3 is 2.34 bits per heavy atom. The van der Waals surface area contributed by atoms with Crippen molar-refractivity contribution in [3.63, 3.8) is 0 Å². The highest BCUT2D eigenvalue weighted by molar-refractivity contribution is 5.90. The van der Waals surface area contributed by atoms with Gasteiger partial charge in [-0.1, -0.05) is 36.4 Å². The highest BCUT2D eigenvalue weighted by Crippen LogP contribution is 2.45. The molecule has 2 bridgehead atoms. The number of nitrogens with one attached hydrogen (secondary N) is 1. The summed E-state index contributed by atoms with van der Waals surface area (Å²) in [5.74, 6) is 1.27. The third-order valence-corrected chi connectivity index (χ3v) is 7.53. The lowest BCUT2D eigenvalue weighted by atomic mass is 9.82. The van der Waals surface area contributed by atoms with Gasteiger partial charge in [0.1, 0.15) is 24.0 Å². The minimum atomic E-state index is -0.528. The topological polar surface area (TPSA) is 90.4 Å². The second kappa shape index (κ2) is 8.78. The Kier molecular flexibility index (Phi) is 5.45. The van der Waals surface area contributed by atoms with Crippen LogP contribution in [0.25, 0.3) is 0 Å². The van der Waals surface area contributed by atoms with Crippen LogP contribution in [-0.2, 0) is 14.3 Å². The summed E-state index contributed by atoms with van der Waals surface area (Å²) in [6, 6.07) is 15.3. The maximum Gasteiger partial charge on any atom is 0.318 e. The summed E-state index contributed by atoms with van der Waals surface area (Å²) in [6.07, 6.45) is 6.33. The van der Waals surface area contributed by atoms with Crippen molar-refractivity contribution in [2.24, 2.45) is 5.92 Å². The maximum absolute atomic E-state index is 13.7. The first-order valence-corrected chi connectivity index (χ1v) is 12.1. The fraction of sp³-hybridized carbons (Fsp3) is 0.333. The predicted molar refractivity (Wildman–Crippen MR) is 128 cm³/mol. The molecule has 3 aromatic rings. The predicted octanol–water partition coefficient (Wildman–Crippen LogP) is 3.51. The molecule has 0 unspecified atom stereocenters. The van der Waals surface area contributed by atoms with Crippen LogP contribution in [0.1, 0.15) is 29.9 Å². The third-order valence-electron chi connectivity index (χ3n) is 7.53. The fourth-order valence-electron chi connectivity index (χ4n) is 5.81. The van der Waals surface area contributed by atoms with E-state index in [0.29, 0.717) is 40.8 Å². The summed E-state index contributed by atoms with van der Waals surface area (Å²) in [5, 5.41) is 2.85. The number of hydrogen-bond donors (Lipinski definition) is 1. The first kappa shape index (κ1) is 21.7. The third kappa shape index (κ3) is 4.14. The summed E-state index contributed by atoms with van der Waals surface area (Å²) in [4.78, 5) is 34.6. The van der Waals surface area contributed by atoms with Crippen LogP contribution in [0.2, 0.25) is 0 Å². The van der Waals surface area contributed by atoms with Gasteiger partial charge in [-0.05, 0) is 12.1 Å². The number of ether oxygens (including phenoxy) is 2. The molecule has 2 aromatic carbocycles. The average molecular weight is 472 g/mol. The molecule has 5 heterocycles. The number of fused-ring (bicyclic) bond motifs is 5. The molecule has 7 rings (SSSR count). The van der Waals surface area contributed by atoms with Gasteiger partial charge in [-0.3, -0.25) is 14.6 Å². The molecule has 8 heteroatoms. The number of piperidine rings is 3. The summed E-state index contributed by atoms with van der Waals surface area (Å²) in [6.45, 7) is 2.81. The van der Waals surface area contributed by atoms with Gasteiger partial charge in [0, 0.05) is 42.3 Å². The molecular weight excluding hydrogens is 444 g/mol. The van der Waals surface area contributed by atoms with E-state index in [1.165, 1.54) is 6.20 Å². The van der Waals surface area contributed by atoms with Crippen LogP contribution in [0.5, 0.6) is 11.5 Å². The molecule has 0 aliphatic carbocycles. The van der Waals surface area contributed by atoms with Crippen molar-refractivity contribution in [1.82, 2.24) is 9.97 Å². The Morgan fingerprint density at radius 2 is 1.69 bits per heavy atom. The quantitative estimate of drug-likeness (QED) is 0.453. The van der Waals surface area contributed by atoms with Crippen molar-refractivity contribution in [2.75, 3.05) is 31.5 Å². The molecular formula is C27H27N4O4+. The second-order valence-corrected chi connectivity index (χ2v) is 9.69. The van der Waals surface area contributed by atoms with Gasteiger partial charge >= 0.3 is 5.97 Å². The van der Waals surface area contributed by atoms with E-state index >= 15 is 0 Å². The van der Waals surface area contributed by atoms with Crippen LogP contribution in [-0.4, -0.2) is 58.6 Å². The highest BCUT2D eigenvalue weighted by atomic mass is 16.5. The van der Waals surface area contributed by atoms with E-state index in [4.69, 9.17) is 9.47 Å². The highest BCUT2D eigenvalue weighted by Gasteiger charge is 2.49. The molecule has 8 nitrogen and oxygen atoms in total. The minimum Gasteiger partial charge on any atom is -0.457 e. The van der Waals surface area contributed by atoms with Gasteiger partial charge in [-0.2, -0.15) is 0 Å². The van der Waals surface area contributed by atoms with Gasteiger partial charge in [0.05, 0.1) is 19.3 Å². The van der Waals surface area contributed by atoms with Gasteiger partial charge in [0.2, 0.25) is 0 Å². The van der Waals surface area contributed by atoms with E-state index in [2.05, 4.69) is 15.3 Å². The van der Waals surface area contributed by atoms with E-state index < -0.39 is 5.92 Å². The Labute approximate surface area is 203 Å². The number of anilines is 1. The van der Waals surface area contributed by atoms with Crippen LogP contribution in [0.3, 0.4) is 0 Å². The van der Waals surface area contributed by atoms with E-state index in [9.17, 15) is 9.59 Å². The average Bonchev–Trinajstić information content (AvgIpc) is 2.88. The molecule has 0 radical (unpaired) electrons. The van der Waals surface area contributed by atoms with Crippen molar-refractivity contribution < 1.29 is 23.5 Å². The molecule has 35 heavy (non-hydrogen) atoms. The summed E-state index contributed by atoms with van der Waals surface area (Å²) >= 11 is 0. The SMILES string of the molecule is O=C(C[N+]12CCC(CC1)[C@@H](OC(=O)C1c3ccccc3Oc3ccccc31)C2)Nc1cnccn1. The van der Waals surface area contributed by atoms with Crippen LogP contribution < -0.4 is 10.1 Å². The van der Waals surface area contributed by atoms with Crippen molar-refractivity contribution >= 4 is 17.7 Å². The normalized spacial score (nSPS) is 24.6. The van der Waals surface area contributed by atoms with Gasteiger partial charge in [0.15, 0.2) is 18.5 Å². The zero-order valence-corrected chi connectivity index (χ0v) is 19.3. The van der Waals surface area contributed by atoms with Gasteiger partial charge in [-0.15, -0.1) is 0 Å². The number of carbonyl (C=O) groups is 2. The van der Waals surface area contributed by atoms with Crippen molar-refractivity contribution in [3.8, 4) is 11.5 Å². The standard InChI is InChI=1S/C27H26N4O4/c32-25(30-24-15-28-11-12-29-24)17-31-13-9-18(10-14-31)23(16-31)35-27(33)26-19-5-1-3-7-21(19)34-22-8-4-2-6-20(22)26/h1-8,11-12,15,18,23,26H,9-10,13-14,16-17H2/p+1/t18?,23-,31?/m0/s1. The second-order valence-electron chi connectivity index (χ2n) is 9.69. The van der Waals surface area contributed by atoms with Crippen LogP contribution in [0.4, 0.5) is 5.82 Å². The largest absolute Gasteiger partial charge is 0.457 e. The molecule has 3 saturated heterocycles. The Bertz CT molecular complexity index is 1210. The van der Waals surface area contributed by atoms with E-state index in [1.54, 1.807) is 12.4 Å². The lowest BCUT2D eigenvalue weighted by Crippen LogP contribution is -2.66. The van der Waals surface area contributed by atoms with Crippen LogP contribution in [0.15, 0.2) is 67.1 Å². The molecule has 1 atom stereocenters. The summed E-state index contributed by atoms with van der Waals surface area (Å²) < 4.78 is 12.9. The number of carbonyl (C=O) groups excluding carboxylic acids is 2. The Balaban J connectivity index is 1.19. The molecule has 4 aliphatic rings. The zero-order chi connectivity index (χ0) is 23.8. The Morgan fingerprint density at radius 1 is 1.00 bits per heavy atom. The number of amides is 1. The van der Waals surface area contributed by atoms with E-state index in [1.807, 2.05) is 48.5 Å². The molecule has 1 N–H and O–H groups in total.